The number of halogens is 2. The van der Waals surface area contributed by atoms with E-state index in [9.17, 15) is 13.6 Å². The molecule has 1 aromatic carbocycles. The number of hydrogen-bond acceptors (Lipinski definition) is 5. The molecule has 0 saturated heterocycles. The van der Waals surface area contributed by atoms with Gasteiger partial charge in [-0.15, -0.1) is 0 Å². The third-order valence-electron chi connectivity index (χ3n) is 5.29. The van der Waals surface area contributed by atoms with Crippen molar-refractivity contribution in [1.82, 2.24) is 15.0 Å². The molecule has 2 aromatic heterocycles. The molecule has 1 aliphatic carbocycles. The minimum absolute atomic E-state index is 0.0590. The quantitative estimate of drug-likeness (QED) is 0.670. The highest BCUT2D eigenvalue weighted by Crippen LogP contribution is 2.55. The topological polar surface area (TPSA) is 77.0 Å². The minimum Gasteiger partial charge on any atom is -0.489 e. The lowest BCUT2D eigenvalue weighted by Crippen LogP contribution is -2.27. The summed E-state index contributed by atoms with van der Waals surface area (Å²) >= 11 is 0. The number of hydrogen-bond donors (Lipinski definition) is 1. The van der Waals surface area contributed by atoms with Gasteiger partial charge >= 0.3 is 0 Å². The molecule has 8 heteroatoms. The molecule has 0 unspecified atom stereocenters. The number of aromatic nitrogens is 3. The van der Waals surface area contributed by atoms with E-state index in [0.29, 0.717) is 35.1 Å². The molecule has 1 aliphatic rings. The van der Waals surface area contributed by atoms with Crippen molar-refractivity contribution in [1.29, 1.82) is 0 Å². The molecule has 4 rings (SSSR count). The van der Waals surface area contributed by atoms with Crippen LogP contribution in [0.25, 0.3) is 0 Å². The van der Waals surface area contributed by atoms with Gasteiger partial charge in [0.25, 0.3) is 0 Å². The lowest BCUT2D eigenvalue weighted by Gasteiger charge is -2.20. The molecule has 0 aliphatic heterocycles. The number of rotatable bonds is 6. The smallest absolute Gasteiger partial charge is 0.229 e. The van der Waals surface area contributed by atoms with Gasteiger partial charge in [-0.2, -0.15) is 0 Å². The highest BCUT2D eigenvalue weighted by atomic mass is 19.1. The first-order chi connectivity index (χ1) is 14.4. The monoisotopic (exact) mass is 410 g/mol. The summed E-state index contributed by atoms with van der Waals surface area (Å²) < 4.78 is 33.8. The summed E-state index contributed by atoms with van der Waals surface area (Å²) in [5.41, 5.74) is 0.170. The second kappa shape index (κ2) is 7.78. The second-order valence-electron chi connectivity index (χ2n) is 7.43. The lowest BCUT2D eigenvalue weighted by molar-refractivity contribution is -0.117. The van der Waals surface area contributed by atoms with E-state index in [2.05, 4.69) is 20.3 Å². The zero-order valence-corrected chi connectivity index (χ0v) is 16.5. The van der Waals surface area contributed by atoms with Gasteiger partial charge in [-0.05, 0) is 50.1 Å². The molecule has 154 valence electrons. The fourth-order valence-corrected chi connectivity index (χ4v) is 3.62. The number of aryl methyl sites for hydroxylation is 2. The Morgan fingerprint density at radius 2 is 1.97 bits per heavy atom. The van der Waals surface area contributed by atoms with Crippen LogP contribution in [0.4, 0.5) is 14.6 Å². The fraction of sp³-hybridized carbons (Fsp3) is 0.273. The standard InChI is InChI=1S/C22H20F2N4O2/c1-13-19(11-26-14(2)27-13)30-12-22(15-7-16(23)9-17(24)8-15)10-18(22)21(29)28-20-5-3-4-6-25-20/h3-9,11,18H,10,12H2,1-2H3,(H,25,28,29)/t18-,22+/m0/s1. The number of benzene rings is 1. The summed E-state index contributed by atoms with van der Waals surface area (Å²) in [6.07, 6.45) is 3.52. The van der Waals surface area contributed by atoms with Crippen molar-refractivity contribution in [3.05, 3.63) is 77.5 Å². The first-order valence-electron chi connectivity index (χ1n) is 9.49. The van der Waals surface area contributed by atoms with Crippen LogP contribution >= 0.6 is 0 Å². The molecule has 2 heterocycles. The Bertz CT molecular complexity index is 1070. The van der Waals surface area contributed by atoms with E-state index in [1.807, 2.05) is 0 Å². The van der Waals surface area contributed by atoms with E-state index in [4.69, 9.17) is 4.74 Å². The van der Waals surface area contributed by atoms with Gasteiger partial charge in [0.15, 0.2) is 5.75 Å². The third kappa shape index (κ3) is 3.98. The summed E-state index contributed by atoms with van der Waals surface area (Å²) in [7, 11) is 0. The van der Waals surface area contributed by atoms with Gasteiger partial charge in [0.2, 0.25) is 5.91 Å². The Morgan fingerprint density at radius 3 is 2.63 bits per heavy atom. The van der Waals surface area contributed by atoms with Gasteiger partial charge in [-0.3, -0.25) is 4.79 Å². The predicted octanol–water partition coefficient (Wildman–Crippen LogP) is 3.74. The number of nitrogens with one attached hydrogen (secondary N) is 1. The third-order valence-corrected chi connectivity index (χ3v) is 5.29. The first kappa shape index (κ1) is 19.9. The summed E-state index contributed by atoms with van der Waals surface area (Å²) in [5, 5.41) is 2.76. The fourth-order valence-electron chi connectivity index (χ4n) is 3.62. The van der Waals surface area contributed by atoms with Gasteiger partial charge in [-0.25, -0.2) is 23.7 Å². The zero-order valence-electron chi connectivity index (χ0n) is 16.5. The molecular weight excluding hydrogens is 390 g/mol. The zero-order chi connectivity index (χ0) is 21.3. The molecule has 3 aromatic rings. The maximum Gasteiger partial charge on any atom is 0.229 e. The van der Waals surface area contributed by atoms with E-state index >= 15 is 0 Å². The van der Waals surface area contributed by atoms with Gasteiger partial charge < -0.3 is 10.1 Å². The van der Waals surface area contributed by atoms with Crippen LogP contribution in [0, 0.1) is 31.4 Å². The summed E-state index contributed by atoms with van der Waals surface area (Å²) in [6.45, 7) is 3.62. The van der Waals surface area contributed by atoms with Crippen LogP contribution in [-0.4, -0.2) is 27.5 Å². The van der Waals surface area contributed by atoms with Crippen LogP contribution in [0.3, 0.4) is 0 Å². The van der Waals surface area contributed by atoms with Gasteiger partial charge in [0.05, 0.1) is 24.4 Å². The second-order valence-corrected chi connectivity index (χ2v) is 7.43. The molecule has 1 N–H and O–H groups in total. The first-order valence-corrected chi connectivity index (χ1v) is 9.49. The molecule has 6 nitrogen and oxygen atoms in total. The summed E-state index contributed by atoms with van der Waals surface area (Å²) in [5.74, 6) is -0.706. The van der Waals surface area contributed by atoms with Gasteiger partial charge in [0.1, 0.15) is 23.3 Å². The molecule has 1 fully saturated rings. The Hall–Kier alpha value is -3.42. The Morgan fingerprint density at radius 1 is 1.20 bits per heavy atom. The number of pyridine rings is 1. The molecule has 30 heavy (non-hydrogen) atoms. The number of ether oxygens (including phenoxy) is 1. The molecule has 1 saturated carbocycles. The summed E-state index contributed by atoms with van der Waals surface area (Å²) in [6, 6.07) is 8.48. The van der Waals surface area contributed by atoms with Crippen LogP contribution in [0.2, 0.25) is 0 Å². The average Bonchev–Trinajstić information content (AvgIpc) is 3.44. The normalized spacial score (nSPS) is 19.9. The molecule has 1 amide bonds. The van der Waals surface area contributed by atoms with Crippen LogP contribution in [-0.2, 0) is 10.2 Å². The number of nitrogens with zero attached hydrogens (tertiary/aromatic N) is 3. The van der Waals surface area contributed by atoms with Crippen molar-refractivity contribution in [2.45, 2.75) is 25.7 Å². The Kier molecular flexibility index (Phi) is 5.15. The SMILES string of the molecule is Cc1ncc(OC[C@@]2(c3cc(F)cc(F)c3)C[C@H]2C(=O)Nc2ccccn2)c(C)n1. The highest BCUT2D eigenvalue weighted by Gasteiger charge is 2.60. The van der Waals surface area contributed by atoms with Crippen LogP contribution in [0.1, 0.15) is 23.5 Å². The van der Waals surface area contributed by atoms with E-state index in [-0.39, 0.29) is 12.5 Å². The number of anilines is 1. The Labute approximate surface area is 172 Å². The van der Waals surface area contributed by atoms with Crippen LogP contribution in [0.15, 0.2) is 48.8 Å². The van der Waals surface area contributed by atoms with E-state index in [1.54, 1.807) is 44.4 Å². The van der Waals surface area contributed by atoms with E-state index < -0.39 is 23.0 Å². The van der Waals surface area contributed by atoms with E-state index in [0.717, 1.165) is 6.07 Å². The largest absolute Gasteiger partial charge is 0.489 e. The highest BCUT2D eigenvalue weighted by molar-refractivity contribution is 5.95. The molecular formula is C22H20F2N4O2. The molecule has 0 spiro atoms. The number of carbonyl (C=O) groups is 1. The number of amides is 1. The van der Waals surface area contributed by atoms with Crippen molar-refractivity contribution in [2.75, 3.05) is 11.9 Å². The van der Waals surface area contributed by atoms with Crippen molar-refractivity contribution in [3.63, 3.8) is 0 Å². The van der Waals surface area contributed by atoms with Crippen molar-refractivity contribution < 1.29 is 18.3 Å². The van der Waals surface area contributed by atoms with Crippen LogP contribution in [0.5, 0.6) is 5.75 Å². The average molecular weight is 410 g/mol. The van der Waals surface area contributed by atoms with Crippen LogP contribution < -0.4 is 10.1 Å². The molecule has 2 atom stereocenters. The number of carbonyl (C=O) groups excluding carboxylic acids is 1. The van der Waals surface area contributed by atoms with Crippen molar-refractivity contribution in [2.24, 2.45) is 5.92 Å². The van der Waals surface area contributed by atoms with Gasteiger partial charge in [-0.1, -0.05) is 6.07 Å². The Balaban J connectivity index is 1.60. The molecule has 0 radical (unpaired) electrons. The maximum absolute atomic E-state index is 13.9. The molecule has 0 bridgehead atoms. The van der Waals surface area contributed by atoms with Gasteiger partial charge in [0, 0.05) is 17.7 Å². The minimum atomic E-state index is -0.862. The maximum atomic E-state index is 13.9. The van der Waals surface area contributed by atoms with E-state index in [1.165, 1.54) is 12.1 Å². The van der Waals surface area contributed by atoms with Crippen molar-refractivity contribution >= 4 is 11.7 Å². The summed E-state index contributed by atoms with van der Waals surface area (Å²) in [4.78, 5) is 25.3. The lowest BCUT2D eigenvalue weighted by atomic mass is 9.93. The predicted molar refractivity (Wildman–Crippen MR) is 106 cm³/mol. The van der Waals surface area contributed by atoms with Crippen molar-refractivity contribution in [3.8, 4) is 5.75 Å².